The molecule has 0 aromatic carbocycles. The van der Waals surface area contributed by atoms with Crippen molar-refractivity contribution < 1.29 is 14.7 Å². The number of piperidine rings is 1. The van der Waals surface area contributed by atoms with Crippen LogP contribution in [-0.2, 0) is 9.59 Å². The van der Waals surface area contributed by atoms with Crippen molar-refractivity contribution in [3.05, 3.63) is 12.7 Å². The summed E-state index contributed by atoms with van der Waals surface area (Å²) in [5.74, 6) is -1.15. The molecule has 1 saturated heterocycles. The maximum absolute atomic E-state index is 12.3. The van der Waals surface area contributed by atoms with Crippen molar-refractivity contribution in [2.24, 2.45) is 0 Å². The van der Waals surface area contributed by atoms with Crippen LogP contribution in [0.3, 0.4) is 0 Å². The second-order valence-electron chi connectivity index (χ2n) is 4.43. The largest absolute Gasteiger partial charge is 0.480 e. The lowest BCUT2D eigenvalue weighted by Gasteiger charge is -2.34. The van der Waals surface area contributed by atoms with Crippen molar-refractivity contribution in [2.75, 3.05) is 6.54 Å². The zero-order valence-corrected chi connectivity index (χ0v) is 10.2. The average molecular weight is 252 g/mol. The molecule has 0 saturated carbocycles. The molecule has 0 bridgehead atoms. The molecule has 0 radical (unpaired) electrons. The van der Waals surface area contributed by atoms with Crippen molar-refractivity contribution in [3.63, 3.8) is 0 Å². The van der Waals surface area contributed by atoms with Gasteiger partial charge in [-0.2, -0.15) is 5.10 Å². The molecule has 1 aliphatic heterocycles. The van der Waals surface area contributed by atoms with Crippen LogP contribution in [0, 0.1) is 0 Å². The van der Waals surface area contributed by atoms with Gasteiger partial charge in [-0.05, 0) is 26.2 Å². The summed E-state index contributed by atoms with van der Waals surface area (Å²) in [6.45, 7) is 2.19. The fourth-order valence-electron chi connectivity index (χ4n) is 2.22. The molecular weight excluding hydrogens is 236 g/mol. The fourth-order valence-corrected chi connectivity index (χ4v) is 2.22. The van der Waals surface area contributed by atoms with Crippen LogP contribution >= 0.6 is 0 Å². The standard InChI is InChI=1S/C11H16N4O3/c1-8(15-7-12-6-13-15)10(16)14-5-3-2-4-9(14)11(17)18/h6-9H,2-5H2,1H3,(H,17,18)/t8-,9-/m0/s1. The third-order valence-electron chi connectivity index (χ3n) is 3.26. The second-order valence-corrected chi connectivity index (χ2v) is 4.43. The first-order valence-corrected chi connectivity index (χ1v) is 5.98. The summed E-state index contributed by atoms with van der Waals surface area (Å²) in [6, 6.07) is -1.23. The monoisotopic (exact) mass is 252 g/mol. The van der Waals surface area contributed by atoms with E-state index in [0.717, 1.165) is 12.8 Å². The average Bonchev–Trinajstić information content (AvgIpc) is 2.90. The molecule has 1 aliphatic rings. The van der Waals surface area contributed by atoms with E-state index < -0.39 is 18.1 Å². The molecule has 2 heterocycles. The van der Waals surface area contributed by atoms with Crippen molar-refractivity contribution in [1.82, 2.24) is 19.7 Å². The minimum absolute atomic E-state index is 0.215. The van der Waals surface area contributed by atoms with Gasteiger partial charge in [-0.25, -0.2) is 14.5 Å². The summed E-state index contributed by atoms with van der Waals surface area (Å²) in [6.07, 6.45) is 5.03. The van der Waals surface area contributed by atoms with Gasteiger partial charge in [0, 0.05) is 6.54 Å². The number of carbonyl (C=O) groups excluding carboxylic acids is 1. The third kappa shape index (κ3) is 2.34. The Labute approximate surface area is 104 Å². The molecule has 2 atom stereocenters. The molecule has 1 aromatic rings. The van der Waals surface area contributed by atoms with Gasteiger partial charge in [0.2, 0.25) is 5.91 Å². The number of likely N-dealkylation sites (tertiary alicyclic amines) is 1. The molecule has 1 aromatic heterocycles. The van der Waals surface area contributed by atoms with Gasteiger partial charge in [0.15, 0.2) is 0 Å². The molecule has 98 valence electrons. The lowest BCUT2D eigenvalue weighted by Crippen LogP contribution is -2.50. The summed E-state index contributed by atoms with van der Waals surface area (Å²) in [5, 5.41) is 13.1. The van der Waals surface area contributed by atoms with Gasteiger partial charge in [-0.3, -0.25) is 4.79 Å². The molecule has 1 amide bonds. The van der Waals surface area contributed by atoms with Crippen molar-refractivity contribution in [1.29, 1.82) is 0 Å². The van der Waals surface area contributed by atoms with Crippen molar-refractivity contribution in [2.45, 2.75) is 38.3 Å². The Bertz CT molecular complexity index is 432. The Morgan fingerprint density at radius 3 is 2.83 bits per heavy atom. The number of nitrogens with zero attached hydrogens (tertiary/aromatic N) is 4. The van der Waals surface area contributed by atoms with Crippen molar-refractivity contribution >= 4 is 11.9 Å². The first kappa shape index (κ1) is 12.5. The van der Waals surface area contributed by atoms with Gasteiger partial charge in [0.25, 0.3) is 0 Å². The molecule has 0 unspecified atom stereocenters. The van der Waals surface area contributed by atoms with E-state index in [9.17, 15) is 9.59 Å². The van der Waals surface area contributed by atoms with E-state index in [1.807, 2.05) is 0 Å². The van der Waals surface area contributed by atoms with Crippen LogP contribution in [0.4, 0.5) is 0 Å². The summed E-state index contributed by atoms with van der Waals surface area (Å²) >= 11 is 0. The molecule has 7 heteroatoms. The van der Waals surface area contributed by atoms with Crippen LogP contribution < -0.4 is 0 Å². The SMILES string of the molecule is C[C@@H](C(=O)N1CCCC[C@H]1C(=O)O)n1cncn1. The molecule has 18 heavy (non-hydrogen) atoms. The lowest BCUT2D eigenvalue weighted by atomic mass is 10.0. The minimum atomic E-state index is -0.936. The smallest absolute Gasteiger partial charge is 0.326 e. The number of aliphatic carboxylic acids is 1. The highest BCUT2D eigenvalue weighted by Gasteiger charge is 2.34. The summed E-state index contributed by atoms with van der Waals surface area (Å²) in [5.41, 5.74) is 0. The highest BCUT2D eigenvalue weighted by atomic mass is 16.4. The Hall–Kier alpha value is -1.92. The minimum Gasteiger partial charge on any atom is -0.480 e. The number of rotatable bonds is 3. The van der Waals surface area contributed by atoms with Crippen LogP contribution in [0.2, 0.25) is 0 Å². The number of aromatic nitrogens is 3. The Kier molecular flexibility index (Phi) is 3.59. The first-order chi connectivity index (χ1) is 8.61. The Morgan fingerprint density at radius 1 is 1.44 bits per heavy atom. The molecule has 2 rings (SSSR count). The highest BCUT2D eigenvalue weighted by molar-refractivity contribution is 5.86. The van der Waals surface area contributed by atoms with Crippen LogP contribution in [0.15, 0.2) is 12.7 Å². The number of carboxylic acids is 1. The predicted octanol–water partition coefficient (Wildman–Crippen LogP) is 0.305. The number of hydrogen-bond acceptors (Lipinski definition) is 4. The zero-order chi connectivity index (χ0) is 13.1. The van der Waals surface area contributed by atoms with Gasteiger partial charge in [-0.15, -0.1) is 0 Å². The maximum Gasteiger partial charge on any atom is 0.326 e. The maximum atomic E-state index is 12.3. The predicted molar refractivity (Wildman–Crippen MR) is 61.7 cm³/mol. The van der Waals surface area contributed by atoms with E-state index in [1.165, 1.54) is 22.2 Å². The Morgan fingerprint density at radius 2 is 2.22 bits per heavy atom. The van der Waals surface area contributed by atoms with Crippen molar-refractivity contribution in [3.8, 4) is 0 Å². The second kappa shape index (κ2) is 5.16. The van der Waals surface area contributed by atoms with E-state index in [4.69, 9.17) is 5.11 Å². The van der Waals surface area contributed by atoms with E-state index >= 15 is 0 Å². The Balaban J connectivity index is 2.13. The molecule has 7 nitrogen and oxygen atoms in total. The van der Waals surface area contributed by atoms with E-state index in [0.29, 0.717) is 13.0 Å². The van der Waals surface area contributed by atoms with E-state index in [2.05, 4.69) is 10.1 Å². The number of hydrogen-bond donors (Lipinski definition) is 1. The van der Waals surface area contributed by atoms with E-state index in [1.54, 1.807) is 6.92 Å². The van der Waals surface area contributed by atoms with Crippen LogP contribution in [0.5, 0.6) is 0 Å². The summed E-state index contributed by atoms with van der Waals surface area (Å²) in [4.78, 5) is 28.7. The molecule has 1 fully saturated rings. The molecule has 0 aliphatic carbocycles. The molecule has 0 spiro atoms. The number of carboxylic acid groups (broad SMARTS) is 1. The lowest BCUT2D eigenvalue weighted by molar-refractivity contribution is -0.153. The van der Waals surface area contributed by atoms with Crippen LogP contribution in [-0.4, -0.2) is 49.2 Å². The van der Waals surface area contributed by atoms with Gasteiger partial charge in [0.05, 0.1) is 0 Å². The number of amides is 1. The van der Waals surface area contributed by atoms with Gasteiger partial charge in [-0.1, -0.05) is 0 Å². The van der Waals surface area contributed by atoms with Crippen LogP contribution in [0.1, 0.15) is 32.2 Å². The van der Waals surface area contributed by atoms with Gasteiger partial charge < -0.3 is 10.0 Å². The van der Waals surface area contributed by atoms with Gasteiger partial charge in [0.1, 0.15) is 24.7 Å². The highest BCUT2D eigenvalue weighted by Crippen LogP contribution is 2.20. The molecular formula is C11H16N4O3. The third-order valence-corrected chi connectivity index (χ3v) is 3.26. The van der Waals surface area contributed by atoms with Crippen LogP contribution in [0.25, 0.3) is 0 Å². The summed E-state index contributed by atoms with van der Waals surface area (Å²) in [7, 11) is 0. The molecule has 1 N–H and O–H groups in total. The fraction of sp³-hybridized carbons (Fsp3) is 0.636. The quantitative estimate of drug-likeness (QED) is 0.836. The topological polar surface area (TPSA) is 88.3 Å². The zero-order valence-electron chi connectivity index (χ0n) is 10.2. The van der Waals surface area contributed by atoms with E-state index in [-0.39, 0.29) is 5.91 Å². The normalized spacial score (nSPS) is 21.6. The number of carbonyl (C=O) groups is 2. The summed E-state index contributed by atoms with van der Waals surface area (Å²) < 4.78 is 1.44. The van der Waals surface area contributed by atoms with Gasteiger partial charge >= 0.3 is 5.97 Å². The first-order valence-electron chi connectivity index (χ1n) is 5.98.